The molecule has 2 rings (SSSR count). The van der Waals surface area contributed by atoms with Crippen molar-refractivity contribution in [2.24, 2.45) is 0 Å². The molecule has 1 heterocycles. The van der Waals surface area contributed by atoms with E-state index in [4.69, 9.17) is 5.73 Å². The van der Waals surface area contributed by atoms with Gasteiger partial charge < -0.3 is 5.73 Å². The molecule has 2 aromatic rings. The van der Waals surface area contributed by atoms with Gasteiger partial charge in [0.15, 0.2) is 0 Å². The van der Waals surface area contributed by atoms with E-state index in [9.17, 15) is 0 Å². The number of benzene rings is 1. The fourth-order valence-corrected chi connectivity index (χ4v) is 2.65. The summed E-state index contributed by atoms with van der Waals surface area (Å²) in [7, 11) is 0. The summed E-state index contributed by atoms with van der Waals surface area (Å²) in [6, 6.07) is 6.06. The van der Waals surface area contributed by atoms with Gasteiger partial charge in [0.05, 0.1) is 17.4 Å². The second-order valence-corrected chi connectivity index (χ2v) is 5.33. The van der Waals surface area contributed by atoms with Gasteiger partial charge in [-0.3, -0.25) is 4.98 Å². The molecule has 0 unspecified atom stereocenters. The van der Waals surface area contributed by atoms with Gasteiger partial charge in [0, 0.05) is 14.8 Å². The molecule has 2 N–H and O–H groups in total. The molecule has 0 fully saturated rings. The Morgan fingerprint density at radius 3 is 3.00 bits per heavy atom. The van der Waals surface area contributed by atoms with E-state index in [-0.39, 0.29) is 0 Å². The van der Waals surface area contributed by atoms with E-state index in [1.54, 1.807) is 18.0 Å². The van der Waals surface area contributed by atoms with Gasteiger partial charge in [0.2, 0.25) is 0 Å². The molecule has 15 heavy (non-hydrogen) atoms. The Morgan fingerprint density at radius 2 is 2.27 bits per heavy atom. The molecule has 0 spiro atoms. The highest BCUT2D eigenvalue weighted by Gasteiger charge is 2.06. The Balaban J connectivity index is 2.72. The van der Waals surface area contributed by atoms with Gasteiger partial charge in [-0.2, -0.15) is 0 Å². The molecular weight excluding hydrogens is 272 g/mol. The van der Waals surface area contributed by atoms with Crippen LogP contribution in [0.5, 0.6) is 0 Å². The highest BCUT2D eigenvalue weighted by molar-refractivity contribution is 9.10. The Labute approximate surface area is 101 Å². The van der Waals surface area contributed by atoms with Crippen molar-refractivity contribution in [1.29, 1.82) is 0 Å². The van der Waals surface area contributed by atoms with Crippen molar-refractivity contribution in [2.45, 2.75) is 11.8 Å². The smallest absolute Gasteiger partial charge is 0.0715 e. The molecule has 0 aliphatic rings. The van der Waals surface area contributed by atoms with Crippen molar-refractivity contribution in [3.8, 4) is 0 Å². The zero-order valence-corrected chi connectivity index (χ0v) is 10.7. The molecule has 4 heteroatoms. The molecule has 0 amide bonds. The number of nitrogens with two attached hydrogens (primary N) is 1. The third kappa shape index (κ3) is 2.11. The maximum absolute atomic E-state index is 5.92. The zero-order valence-electron chi connectivity index (χ0n) is 8.33. The second-order valence-electron chi connectivity index (χ2n) is 3.14. The molecule has 1 aromatic heterocycles. The molecule has 0 aliphatic heterocycles. The van der Waals surface area contributed by atoms with Crippen molar-refractivity contribution in [1.82, 2.24) is 4.98 Å². The lowest BCUT2D eigenvalue weighted by Gasteiger charge is -2.07. The van der Waals surface area contributed by atoms with Gasteiger partial charge in [-0.25, -0.2) is 0 Å². The van der Waals surface area contributed by atoms with Gasteiger partial charge >= 0.3 is 0 Å². The Hall–Kier alpha value is -0.740. The lowest BCUT2D eigenvalue weighted by molar-refractivity contribution is 1.35. The topological polar surface area (TPSA) is 38.9 Å². The molecule has 0 saturated heterocycles. The minimum Gasteiger partial charge on any atom is -0.397 e. The standard InChI is InChI=1S/C11H11BrN2S/c1-2-15-11-8-5-7(12)3-4-10(8)14-6-9(11)13/h3-6H,2,13H2,1H3. The molecule has 0 atom stereocenters. The first-order valence-electron chi connectivity index (χ1n) is 4.69. The number of thioether (sulfide) groups is 1. The first-order chi connectivity index (χ1) is 7.22. The maximum atomic E-state index is 5.92. The lowest BCUT2D eigenvalue weighted by Crippen LogP contribution is -1.92. The van der Waals surface area contributed by atoms with E-state index in [1.807, 2.05) is 12.1 Å². The number of rotatable bonds is 2. The third-order valence-electron chi connectivity index (χ3n) is 2.10. The molecule has 0 bridgehead atoms. The van der Waals surface area contributed by atoms with Gasteiger partial charge in [-0.1, -0.05) is 22.9 Å². The SMILES string of the molecule is CCSc1c(N)cnc2ccc(Br)cc12. The van der Waals surface area contributed by atoms with Crippen molar-refractivity contribution in [2.75, 3.05) is 11.5 Å². The van der Waals surface area contributed by atoms with E-state index in [0.29, 0.717) is 0 Å². The number of hydrogen-bond acceptors (Lipinski definition) is 3. The average Bonchev–Trinajstić information content (AvgIpc) is 2.23. The molecule has 0 aliphatic carbocycles. The number of aromatic nitrogens is 1. The second kappa shape index (κ2) is 4.41. The lowest BCUT2D eigenvalue weighted by atomic mass is 10.2. The molecule has 2 nitrogen and oxygen atoms in total. The van der Waals surface area contributed by atoms with Crippen LogP contribution in [-0.4, -0.2) is 10.7 Å². The monoisotopic (exact) mass is 282 g/mol. The summed E-state index contributed by atoms with van der Waals surface area (Å²) in [4.78, 5) is 5.43. The maximum Gasteiger partial charge on any atom is 0.0715 e. The zero-order chi connectivity index (χ0) is 10.8. The summed E-state index contributed by atoms with van der Waals surface area (Å²) in [6.45, 7) is 2.12. The number of hydrogen-bond donors (Lipinski definition) is 1. The van der Waals surface area contributed by atoms with E-state index in [1.165, 1.54) is 0 Å². The van der Waals surface area contributed by atoms with Gasteiger partial charge in [-0.05, 0) is 24.0 Å². The number of pyridine rings is 1. The fraction of sp³-hybridized carbons (Fsp3) is 0.182. The van der Waals surface area contributed by atoms with Crippen LogP contribution in [0, 0.1) is 0 Å². The van der Waals surface area contributed by atoms with E-state index >= 15 is 0 Å². The van der Waals surface area contributed by atoms with E-state index in [2.05, 4.69) is 33.9 Å². The fourth-order valence-electron chi connectivity index (χ4n) is 1.46. The number of nitrogen functional groups attached to an aromatic ring is 1. The highest BCUT2D eigenvalue weighted by atomic mass is 79.9. The van der Waals surface area contributed by atoms with Crippen LogP contribution in [-0.2, 0) is 0 Å². The van der Waals surface area contributed by atoms with Gasteiger partial charge in [-0.15, -0.1) is 11.8 Å². The number of anilines is 1. The van der Waals surface area contributed by atoms with Crippen molar-refractivity contribution in [3.63, 3.8) is 0 Å². The summed E-state index contributed by atoms with van der Waals surface area (Å²) in [6.07, 6.45) is 1.73. The predicted molar refractivity (Wildman–Crippen MR) is 70.3 cm³/mol. The van der Waals surface area contributed by atoms with Crippen LogP contribution < -0.4 is 5.73 Å². The summed E-state index contributed by atoms with van der Waals surface area (Å²) < 4.78 is 1.06. The van der Waals surface area contributed by atoms with E-state index in [0.717, 1.165) is 31.7 Å². The van der Waals surface area contributed by atoms with Crippen LogP contribution in [0.1, 0.15) is 6.92 Å². The first kappa shape index (κ1) is 10.8. The largest absolute Gasteiger partial charge is 0.397 e. The Bertz CT molecular complexity index is 494. The minimum absolute atomic E-state index is 0.757. The molecule has 1 aromatic carbocycles. The summed E-state index contributed by atoms with van der Waals surface area (Å²) in [5.41, 5.74) is 7.67. The Morgan fingerprint density at radius 1 is 1.47 bits per heavy atom. The number of halogens is 1. The van der Waals surface area contributed by atoms with Crippen LogP contribution >= 0.6 is 27.7 Å². The average molecular weight is 283 g/mol. The molecule has 0 saturated carbocycles. The number of nitrogens with zero attached hydrogens (tertiary/aromatic N) is 1. The summed E-state index contributed by atoms with van der Waals surface area (Å²) >= 11 is 5.22. The van der Waals surface area contributed by atoms with Crippen molar-refractivity contribution in [3.05, 3.63) is 28.9 Å². The highest BCUT2D eigenvalue weighted by Crippen LogP contribution is 2.33. The quantitative estimate of drug-likeness (QED) is 0.854. The van der Waals surface area contributed by atoms with Gasteiger partial charge in [0.1, 0.15) is 0 Å². The summed E-state index contributed by atoms with van der Waals surface area (Å²) in [5.74, 6) is 1.01. The van der Waals surface area contributed by atoms with Crippen LogP contribution in [0.3, 0.4) is 0 Å². The van der Waals surface area contributed by atoms with Crippen molar-refractivity contribution >= 4 is 44.3 Å². The number of fused-ring (bicyclic) bond motifs is 1. The molecule has 0 radical (unpaired) electrons. The first-order valence-corrected chi connectivity index (χ1v) is 6.46. The van der Waals surface area contributed by atoms with Gasteiger partial charge in [0.25, 0.3) is 0 Å². The third-order valence-corrected chi connectivity index (χ3v) is 3.62. The van der Waals surface area contributed by atoms with Crippen molar-refractivity contribution < 1.29 is 0 Å². The summed E-state index contributed by atoms with van der Waals surface area (Å²) in [5, 5.41) is 1.12. The predicted octanol–water partition coefficient (Wildman–Crippen LogP) is 3.69. The van der Waals surface area contributed by atoms with Crippen LogP contribution in [0.15, 0.2) is 33.8 Å². The minimum atomic E-state index is 0.757. The van der Waals surface area contributed by atoms with E-state index < -0.39 is 0 Å². The Kier molecular flexibility index (Phi) is 3.17. The van der Waals surface area contributed by atoms with Crippen LogP contribution in [0.25, 0.3) is 10.9 Å². The normalized spacial score (nSPS) is 10.8. The van der Waals surface area contributed by atoms with Crippen LogP contribution in [0.4, 0.5) is 5.69 Å². The molecule has 78 valence electrons. The van der Waals surface area contributed by atoms with Crippen LogP contribution in [0.2, 0.25) is 0 Å². The molecular formula is C11H11BrN2S.